The molecule has 1 aliphatic rings. The standard InChI is InChI=1S/C17H19F3N4O2S/c1-21-16(22-6-5-15-24-14(10-27-15)17(18,19)20)23-11-3-4-12-13(9-11)26-8-2-7-25-12/h3-4,9-10H,2,5-8H2,1H3,(H2,21,22,23). The highest BCUT2D eigenvalue weighted by Gasteiger charge is 2.33. The predicted octanol–water partition coefficient (Wildman–Crippen LogP) is 3.55. The largest absolute Gasteiger partial charge is 0.490 e. The van der Waals surface area contributed by atoms with Crippen LogP contribution in [0.1, 0.15) is 17.1 Å². The third-order valence-electron chi connectivity index (χ3n) is 3.71. The molecule has 2 aromatic rings. The number of halogens is 3. The lowest BCUT2D eigenvalue weighted by Crippen LogP contribution is -2.32. The Kier molecular flexibility index (Phi) is 6.04. The van der Waals surface area contributed by atoms with Crippen LogP contribution in [-0.2, 0) is 12.6 Å². The van der Waals surface area contributed by atoms with Crippen molar-refractivity contribution in [2.45, 2.75) is 19.0 Å². The molecule has 1 aliphatic heterocycles. The Morgan fingerprint density at radius 2 is 2.04 bits per heavy atom. The molecule has 27 heavy (non-hydrogen) atoms. The summed E-state index contributed by atoms with van der Waals surface area (Å²) in [5.74, 6) is 1.86. The summed E-state index contributed by atoms with van der Waals surface area (Å²) < 4.78 is 49.0. The number of aromatic nitrogens is 1. The Hall–Kier alpha value is -2.49. The van der Waals surface area contributed by atoms with Crippen molar-refractivity contribution in [3.8, 4) is 11.5 Å². The van der Waals surface area contributed by atoms with Crippen molar-refractivity contribution < 1.29 is 22.6 Å². The Balaban J connectivity index is 1.54. The first-order valence-electron chi connectivity index (χ1n) is 8.34. The fourth-order valence-corrected chi connectivity index (χ4v) is 3.21. The highest BCUT2D eigenvalue weighted by atomic mass is 32.1. The monoisotopic (exact) mass is 400 g/mol. The van der Waals surface area contributed by atoms with Crippen molar-refractivity contribution in [1.29, 1.82) is 0 Å². The van der Waals surface area contributed by atoms with Crippen LogP contribution in [0.25, 0.3) is 0 Å². The molecule has 0 aliphatic carbocycles. The van der Waals surface area contributed by atoms with E-state index in [1.807, 2.05) is 18.2 Å². The Bertz CT molecular complexity index is 808. The van der Waals surface area contributed by atoms with Crippen LogP contribution in [-0.4, -0.2) is 37.7 Å². The fourth-order valence-electron chi connectivity index (χ4n) is 2.40. The van der Waals surface area contributed by atoms with Crippen molar-refractivity contribution >= 4 is 23.0 Å². The van der Waals surface area contributed by atoms with Gasteiger partial charge in [-0.05, 0) is 12.1 Å². The van der Waals surface area contributed by atoms with Gasteiger partial charge in [0.15, 0.2) is 23.2 Å². The molecule has 1 aromatic carbocycles. The molecule has 6 nitrogen and oxygen atoms in total. The number of guanidine groups is 1. The van der Waals surface area contributed by atoms with Crippen molar-refractivity contribution in [3.63, 3.8) is 0 Å². The van der Waals surface area contributed by atoms with Gasteiger partial charge in [-0.1, -0.05) is 0 Å². The summed E-state index contributed by atoms with van der Waals surface area (Å²) in [6.07, 6.45) is -3.22. The maximum absolute atomic E-state index is 12.6. The molecule has 0 radical (unpaired) electrons. The first-order chi connectivity index (χ1) is 13.0. The Labute approximate surface area is 158 Å². The highest BCUT2D eigenvalue weighted by Crippen LogP contribution is 2.32. The van der Waals surface area contributed by atoms with E-state index >= 15 is 0 Å². The first kappa shape index (κ1) is 19.3. The number of anilines is 1. The molecule has 0 atom stereocenters. The molecule has 2 heterocycles. The number of nitrogens with zero attached hydrogens (tertiary/aromatic N) is 2. The summed E-state index contributed by atoms with van der Waals surface area (Å²) >= 11 is 0.995. The van der Waals surface area contributed by atoms with Crippen molar-refractivity contribution in [2.24, 2.45) is 4.99 Å². The molecule has 1 aromatic heterocycles. The number of alkyl halides is 3. The van der Waals surface area contributed by atoms with Gasteiger partial charge in [-0.2, -0.15) is 13.2 Å². The molecule has 0 saturated carbocycles. The number of aliphatic imine (C=N–C) groups is 1. The van der Waals surface area contributed by atoms with E-state index in [2.05, 4.69) is 20.6 Å². The molecular formula is C17H19F3N4O2S. The Morgan fingerprint density at radius 3 is 2.74 bits per heavy atom. The lowest BCUT2D eigenvalue weighted by atomic mass is 10.3. The quantitative estimate of drug-likeness (QED) is 0.607. The van der Waals surface area contributed by atoms with Gasteiger partial charge in [0.05, 0.1) is 18.2 Å². The second-order valence-electron chi connectivity index (χ2n) is 5.71. The van der Waals surface area contributed by atoms with Crippen LogP contribution >= 0.6 is 11.3 Å². The van der Waals surface area contributed by atoms with Gasteiger partial charge in [0.2, 0.25) is 0 Å². The lowest BCUT2D eigenvalue weighted by Gasteiger charge is -2.13. The number of fused-ring (bicyclic) bond motifs is 1. The summed E-state index contributed by atoms with van der Waals surface area (Å²) in [4.78, 5) is 7.72. The number of thiazole rings is 1. The summed E-state index contributed by atoms with van der Waals surface area (Å²) in [5, 5.41) is 7.63. The third-order valence-corrected chi connectivity index (χ3v) is 4.62. The number of ether oxygens (including phenoxy) is 2. The minimum absolute atomic E-state index is 0.364. The van der Waals surface area contributed by atoms with Crippen molar-refractivity contribution in [3.05, 3.63) is 34.3 Å². The van der Waals surface area contributed by atoms with E-state index in [1.165, 1.54) is 0 Å². The van der Waals surface area contributed by atoms with Gasteiger partial charge in [0.1, 0.15) is 0 Å². The molecule has 0 saturated heterocycles. The van der Waals surface area contributed by atoms with E-state index in [-0.39, 0.29) is 0 Å². The zero-order valence-corrected chi connectivity index (χ0v) is 15.4. The van der Waals surface area contributed by atoms with E-state index < -0.39 is 11.9 Å². The summed E-state index contributed by atoms with van der Waals surface area (Å²) in [5.41, 5.74) is -0.0850. The van der Waals surface area contributed by atoms with E-state index in [4.69, 9.17) is 9.47 Å². The van der Waals surface area contributed by atoms with Crippen molar-refractivity contribution in [1.82, 2.24) is 10.3 Å². The smallest absolute Gasteiger partial charge is 0.434 e. The maximum atomic E-state index is 12.6. The number of benzene rings is 1. The second kappa shape index (κ2) is 8.47. The number of hydrogen-bond acceptors (Lipinski definition) is 5. The van der Waals surface area contributed by atoms with Gasteiger partial charge in [0.25, 0.3) is 0 Å². The predicted molar refractivity (Wildman–Crippen MR) is 97.9 cm³/mol. The normalized spacial score (nSPS) is 14.6. The number of hydrogen-bond donors (Lipinski definition) is 2. The minimum Gasteiger partial charge on any atom is -0.490 e. The molecule has 0 bridgehead atoms. The van der Waals surface area contributed by atoms with Crippen LogP contribution in [0.2, 0.25) is 0 Å². The summed E-state index contributed by atoms with van der Waals surface area (Å²) in [7, 11) is 1.61. The van der Waals surface area contributed by atoms with Gasteiger partial charge in [-0.3, -0.25) is 4.99 Å². The second-order valence-corrected chi connectivity index (χ2v) is 6.65. The van der Waals surface area contributed by atoms with Gasteiger partial charge in [-0.25, -0.2) is 4.98 Å². The molecule has 0 amide bonds. The number of nitrogens with one attached hydrogen (secondary N) is 2. The average molecular weight is 400 g/mol. The Morgan fingerprint density at radius 1 is 1.26 bits per heavy atom. The van der Waals surface area contributed by atoms with E-state index in [9.17, 15) is 13.2 Å². The van der Waals surface area contributed by atoms with Gasteiger partial charge < -0.3 is 20.1 Å². The van der Waals surface area contributed by atoms with Crippen molar-refractivity contribution in [2.75, 3.05) is 32.1 Å². The lowest BCUT2D eigenvalue weighted by molar-refractivity contribution is -0.140. The average Bonchev–Trinajstić information content (AvgIpc) is 2.99. The molecule has 10 heteroatoms. The summed E-state index contributed by atoms with van der Waals surface area (Å²) in [6.45, 7) is 1.61. The minimum atomic E-state index is -4.41. The van der Waals surface area contributed by atoms with Crippen LogP contribution in [0.3, 0.4) is 0 Å². The SMILES string of the molecule is CN=C(NCCc1nc(C(F)(F)F)cs1)Nc1ccc2c(c1)OCCCO2. The molecule has 0 spiro atoms. The van der Waals surface area contributed by atoms with Crippen LogP contribution in [0.4, 0.5) is 18.9 Å². The zero-order chi connectivity index (χ0) is 19.3. The van der Waals surface area contributed by atoms with Crippen LogP contribution in [0, 0.1) is 0 Å². The molecule has 0 fully saturated rings. The zero-order valence-electron chi connectivity index (χ0n) is 14.6. The van der Waals surface area contributed by atoms with Crippen LogP contribution in [0.5, 0.6) is 11.5 Å². The van der Waals surface area contributed by atoms with E-state index in [1.54, 1.807) is 7.05 Å². The molecule has 2 N–H and O–H groups in total. The van der Waals surface area contributed by atoms with Crippen LogP contribution in [0.15, 0.2) is 28.6 Å². The van der Waals surface area contributed by atoms with Gasteiger partial charge in [-0.15, -0.1) is 11.3 Å². The molecular weight excluding hydrogens is 381 g/mol. The van der Waals surface area contributed by atoms with Gasteiger partial charge in [0, 0.05) is 43.6 Å². The fraction of sp³-hybridized carbons (Fsp3) is 0.412. The van der Waals surface area contributed by atoms with E-state index in [0.29, 0.717) is 48.6 Å². The topological polar surface area (TPSA) is 67.8 Å². The number of rotatable bonds is 4. The third kappa shape index (κ3) is 5.25. The maximum Gasteiger partial charge on any atom is 0.434 e. The van der Waals surface area contributed by atoms with Crippen LogP contribution < -0.4 is 20.1 Å². The van der Waals surface area contributed by atoms with Gasteiger partial charge >= 0.3 is 6.18 Å². The van der Waals surface area contributed by atoms with E-state index in [0.717, 1.165) is 28.8 Å². The molecule has 3 rings (SSSR count). The summed E-state index contributed by atoms with van der Waals surface area (Å²) in [6, 6.07) is 5.49. The molecule has 146 valence electrons. The first-order valence-corrected chi connectivity index (χ1v) is 9.22. The highest BCUT2D eigenvalue weighted by molar-refractivity contribution is 7.09. The molecule has 0 unspecified atom stereocenters.